The van der Waals surface area contributed by atoms with Crippen molar-refractivity contribution in [2.45, 2.75) is 24.5 Å². The van der Waals surface area contributed by atoms with E-state index in [1.807, 2.05) is 0 Å². The lowest BCUT2D eigenvalue weighted by Gasteiger charge is -2.20. The van der Waals surface area contributed by atoms with E-state index in [-0.39, 0.29) is 5.75 Å². The van der Waals surface area contributed by atoms with Crippen molar-refractivity contribution in [3.8, 4) is 0 Å². The van der Waals surface area contributed by atoms with Crippen molar-refractivity contribution < 1.29 is 8.42 Å². The van der Waals surface area contributed by atoms with Crippen LogP contribution in [0.5, 0.6) is 0 Å². The van der Waals surface area contributed by atoms with Crippen molar-refractivity contribution in [2.24, 2.45) is 0 Å². The molecule has 1 aliphatic rings. The highest BCUT2D eigenvalue weighted by atomic mass is 32.2. The van der Waals surface area contributed by atoms with Gasteiger partial charge in [-0.25, -0.2) is 13.4 Å². The molecule has 6 heteroatoms. The molecule has 0 saturated carbocycles. The SMILES string of the molecule is Nc1nc(C2CCCCS2(=O)=O)cs1. The second-order valence-corrected chi connectivity index (χ2v) is 6.65. The Kier molecular flexibility index (Phi) is 2.48. The Morgan fingerprint density at radius 2 is 2.29 bits per heavy atom. The summed E-state index contributed by atoms with van der Waals surface area (Å²) >= 11 is 1.30. The van der Waals surface area contributed by atoms with E-state index in [0.29, 0.717) is 17.2 Å². The van der Waals surface area contributed by atoms with Gasteiger partial charge in [-0.3, -0.25) is 0 Å². The zero-order valence-corrected chi connectivity index (χ0v) is 9.27. The molecule has 1 atom stereocenters. The van der Waals surface area contributed by atoms with Gasteiger partial charge in [0.25, 0.3) is 0 Å². The minimum absolute atomic E-state index is 0.287. The lowest BCUT2D eigenvalue weighted by atomic mass is 10.1. The van der Waals surface area contributed by atoms with Crippen molar-refractivity contribution in [2.75, 3.05) is 11.5 Å². The van der Waals surface area contributed by atoms with Crippen LogP contribution in [-0.4, -0.2) is 19.2 Å². The van der Waals surface area contributed by atoms with Crippen molar-refractivity contribution in [1.82, 2.24) is 4.98 Å². The average molecular weight is 232 g/mol. The number of hydrogen-bond acceptors (Lipinski definition) is 5. The van der Waals surface area contributed by atoms with Crippen LogP contribution in [0.4, 0.5) is 5.13 Å². The van der Waals surface area contributed by atoms with Gasteiger partial charge in [-0.15, -0.1) is 11.3 Å². The van der Waals surface area contributed by atoms with Crippen LogP contribution in [0.3, 0.4) is 0 Å². The number of sulfone groups is 1. The number of nitrogens with two attached hydrogens (primary N) is 1. The second kappa shape index (κ2) is 3.51. The highest BCUT2D eigenvalue weighted by Crippen LogP contribution is 2.34. The molecule has 1 aliphatic heterocycles. The van der Waals surface area contributed by atoms with Gasteiger partial charge in [0.15, 0.2) is 15.0 Å². The summed E-state index contributed by atoms with van der Waals surface area (Å²) in [7, 11) is -2.97. The van der Waals surface area contributed by atoms with Gasteiger partial charge in [-0.1, -0.05) is 6.42 Å². The van der Waals surface area contributed by atoms with Gasteiger partial charge in [0.2, 0.25) is 0 Å². The van der Waals surface area contributed by atoms with Gasteiger partial charge in [-0.05, 0) is 12.8 Å². The quantitative estimate of drug-likeness (QED) is 0.793. The van der Waals surface area contributed by atoms with Crippen LogP contribution in [-0.2, 0) is 9.84 Å². The van der Waals surface area contributed by atoms with Crippen LogP contribution in [0, 0.1) is 0 Å². The summed E-state index contributed by atoms with van der Waals surface area (Å²) in [5, 5.41) is 1.79. The standard InChI is InChI=1S/C8H12N2O2S2/c9-8-10-6(5-13-8)7-3-1-2-4-14(7,11)12/h5,7H,1-4H2,(H2,9,10). The topological polar surface area (TPSA) is 73.0 Å². The number of nitrogen functional groups attached to an aromatic ring is 1. The van der Waals surface area contributed by atoms with E-state index in [4.69, 9.17) is 5.73 Å². The molecule has 1 fully saturated rings. The summed E-state index contributed by atoms with van der Waals surface area (Å²) in [5.74, 6) is 0.287. The summed E-state index contributed by atoms with van der Waals surface area (Å²) in [6, 6.07) is 0. The van der Waals surface area contributed by atoms with Crippen LogP contribution in [0.15, 0.2) is 5.38 Å². The zero-order chi connectivity index (χ0) is 10.2. The first-order chi connectivity index (χ1) is 6.59. The first kappa shape index (κ1) is 9.92. The summed E-state index contributed by atoms with van der Waals surface area (Å²) in [6.45, 7) is 0. The molecule has 4 nitrogen and oxygen atoms in total. The molecular weight excluding hydrogens is 220 g/mol. The Morgan fingerprint density at radius 3 is 2.86 bits per heavy atom. The fourth-order valence-corrected chi connectivity index (χ4v) is 4.34. The molecule has 14 heavy (non-hydrogen) atoms. The minimum Gasteiger partial charge on any atom is -0.375 e. The number of hydrogen-bond donors (Lipinski definition) is 1. The molecule has 2 N–H and O–H groups in total. The van der Waals surface area contributed by atoms with Crippen LogP contribution < -0.4 is 5.73 Å². The Morgan fingerprint density at radius 1 is 1.50 bits per heavy atom. The van der Waals surface area contributed by atoms with E-state index >= 15 is 0 Å². The minimum atomic E-state index is -2.97. The summed E-state index contributed by atoms with van der Waals surface area (Å²) < 4.78 is 23.4. The van der Waals surface area contributed by atoms with Crippen LogP contribution in [0.1, 0.15) is 30.2 Å². The molecule has 2 heterocycles. The van der Waals surface area contributed by atoms with Gasteiger partial charge in [0.1, 0.15) is 5.25 Å². The van der Waals surface area contributed by atoms with Gasteiger partial charge in [0.05, 0.1) is 11.4 Å². The molecule has 1 unspecified atom stereocenters. The molecule has 1 saturated heterocycles. The molecule has 0 bridgehead atoms. The molecule has 2 rings (SSSR count). The first-order valence-electron chi connectivity index (χ1n) is 4.52. The molecule has 0 amide bonds. The van der Waals surface area contributed by atoms with Crippen LogP contribution >= 0.6 is 11.3 Å². The van der Waals surface area contributed by atoms with E-state index < -0.39 is 15.1 Å². The predicted octanol–water partition coefficient (Wildman–Crippen LogP) is 1.37. The number of nitrogens with zero attached hydrogens (tertiary/aromatic N) is 1. The van der Waals surface area contributed by atoms with Crippen LogP contribution in [0.25, 0.3) is 0 Å². The Balaban J connectivity index is 2.33. The maximum atomic E-state index is 11.7. The number of rotatable bonds is 1. The van der Waals surface area contributed by atoms with Crippen molar-refractivity contribution in [3.05, 3.63) is 11.1 Å². The number of thiazole rings is 1. The van der Waals surface area contributed by atoms with E-state index in [1.54, 1.807) is 5.38 Å². The Bertz CT molecular complexity index is 424. The molecule has 78 valence electrons. The fourth-order valence-electron chi connectivity index (χ4n) is 1.74. The normalized spacial score (nSPS) is 26.1. The van der Waals surface area contributed by atoms with E-state index in [0.717, 1.165) is 12.8 Å². The molecule has 0 spiro atoms. The molecule has 0 radical (unpaired) electrons. The van der Waals surface area contributed by atoms with Gasteiger partial charge in [-0.2, -0.15) is 0 Å². The molecule has 1 aromatic rings. The lowest BCUT2D eigenvalue weighted by Crippen LogP contribution is -2.21. The monoisotopic (exact) mass is 232 g/mol. The van der Waals surface area contributed by atoms with Crippen molar-refractivity contribution >= 4 is 26.3 Å². The maximum absolute atomic E-state index is 11.7. The largest absolute Gasteiger partial charge is 0.375 e. The lowest BCUT2D eigenvalue weighted by molar-refractivity contribution is 0.543. The highest BCUT2D eigenvalue weighted by molar-refractivity contribution is 7.91. The third-order valence-corrected chi connectivity index (χ3v) is 5.34. The van der Waals surface area contributed by atoms with Crippen molar-refractivity contribution in [3.63, 3.8) is 0 Å². The second-order valence-electron chi connectivity index (χ2n) is 3.46. The Hall–Kier alpha value is -0.620. The Labute approximate surface area is 87.1 Å². The molecule has 0 aromatic carbocycles. The van der Waals surface area contributed by atoms with Crippen LogP contribution in [0.2, 0.25) is 0 Å². The molecule has 1 aromatic heterocycles. The third kappa shape index (κ3) is 1.76. The molecule has 0 aliphatic carbocycles. The van der Waals surface area contributed by atoms with E-state index in [9.17, 15) is 8.42 Å². The third-order valence-electron chi connectivity index (χ3n) is 2.45. The first-order valence-corrected chi connectivity index (χ1v) is 7.11. The van der Waals surface area contributed by atoms with Gasteiger partial charge >= 0.3 is 0 Å². The van der Waals surface area contributed by atoms with Crippen molar-refractivity contribution in [1.29, 1.82) is 0 Å². The predicted molar refractivity (Wildman–Crippen MR) is 56.9 cm³/mol. The number of anilines is 1. The maximum Gasteiger partial charge on any atom is 0.180 e. The van der Waals surface area contributed by atoms with Gasteiger partial charge in [0, 0.05) is 5.38 Å². The average Bonchev–Trinajstić information content (AvgIpc) is 2.51. The summed E-state index contributed by atoms with van der Waals surface area (Å²) in [4.78, 5) is 4.05. The molecular formula is C8H12N2O2S2. The fraction of sp³-hybridized carbons (Fsp3) is 0.625. The van der Waals surface area contributed by atoms with E-state index in [1.165, 1.54) is 11.3 Å². The zero-order valence-electron chi connectivity index (χ0n) is 7.64. The highest BCUT2D eigenvalue weighted by Gasteiger charge is 2.31. The summed E-state index contributed by atoms with van der Waals surface area (Å²) in [5.41, 5.74) is 6.12. The smallest absolute Gasteiger partial charge is 0.180 e. The van der Waals surface area contributed by atoms with Gasteiger partial charge < -0.3 is 5.73 Å². The summed E-state index contributed by atoms with van der Waals surface area (Å²) in [6.07, 6.45) is 2.42. The van der Waals surface area contributed by atoms with E-state index in [2.05, 4.69) is 4.98 Å². The number of aromatic nitrogens is 1.